The highest BCUT2D eigenvalue weighted by atomic mass is 79.9. The number of carbonyl (C=O) groups is 1. The van der Waals surface area contributed by atoms with Gasteiger partial charge in [0, 0.05) is 16.7 Å². The van der Waals surface area contributed by atoms with Gasteiger partial charge in [-0.2, -0.15) is 5.10 Å². The maximum absolute atomic E-state index is 11.1. The van der Waals surface area contributed by atoms with Crippen molar-refractivity contribution in [1.82, 2.24) is 9.78 Å². The van der Waals surface area contributed by atoms with E-state index in [2.05, 4.69) is 34.9 Å². The van der Waals surface area contributed by atoms with Crippen LogP contribution in [0, 0.1) is 0 Å². The van der Waals surface area contributed by atoms with Crippen LogP contribution in [0.1, 0.15) is 42.4 Å². The van der Waals surface area contributed by atoms with Crippen molar-refractivity contribution in [3.63, 3.8) is 0 Å². The molecule has 0 saturated carbocycles. The molecule has 21 heavy (non-hydrogen) atoms. The molecule has 0 radical (unpaired) electrons. The molecule has 0 aliphatic rings. The fraction of sp³-hybridized carbons (Fsp3) is 0.333. The molecule has 0 aliphatic carbocycles. The summed E-state index contributed by atoms with van der Waals surface area (Å²) in [6.45, 7) is 4.52. The van der Waals surface area contributed by atoms with Gasteiger partial charge in [-0.25, -0.2) is 4.79 Å². The van der Waals surface area contributed by atoms with Crippen LogP contribution in [0.2, 0.25) is 0 Å². The Bertz CT molecular complexity index is 640. The van der Waals surface area contributed by atoms with Gasteiger partial charge < -0.3 is 9.84 Å². The normalized spacial score (nSPS) is 12.1. The van der Waals surface area contributed by atoms with Gasteiger partial charge in [-0.3, -0.25) is 4.68 Å². The van der Waals surface area contributed by atoms with Crippen molar-refractivity contribution in [2.75, 3.05) is 0 Å². The minimum absolute atomic E-state index is 0.178. The largest absolute Gasteiger partial charge is 0.487 e. The number of ether oxygens (including phenoxy) is 1. The van der Waals surface area contributed by atoms with Gasteiger partial charge in [0.05, 0.1) is 11.3 Å². The summed E-state index contributed by atoms with van der Waals surface area (Å²) in [7, 11) is 0. The predicted molar refractivity (Wildman–Crippen MR) is 82.7 cm³/mol. The van der Waals surface area contributed by atoms with Crippen LogP contribution in [0.5, 0.6) is 5.75 Å². The maximum Gasteiger partial charge on any atom is 0.336 e. The summed E-state index contributed by atoms with van der Waals surface area (Å²) in [5, 5.41) is 13.5. The van der Waals surface area contributed by atoms with E-state index in [0.717, 1.165) is 12.1 Å². The molecular weight excluding hydrogens is 336 g/mol. The van der Waals surface area contributed by atoms with Crippen LogP contribution < -0.4 is 4.74 Å². The highest BCUT2D eigenvalue weighted by Crippen LogP contribution is 2.23. The summed E-state index contributed by atoms with van der Waals surface area (Å²) in [6, 6.07) is 7.14. The Hall–Kier alpha value is -1.82. The van der Waals surface area contributed by atoms with E-state index in [4.69, 9.17) is 9.84 Å². The van der Waals surface area contributed by atoms with Crippen molar-refractivity contribution in [2.45, 2.75) is 32.9 Å². The lowest BCUT2D eigenvalue weighted by molar-refractivity contribution is 0.0695. The van der Waals surface area contributed by atoms with Gasteiger partial charge in [0.15, 0.2) is 0 Å². The smallest absolute Gasteiger partial charge is 0.336 e. The average Bonchev–Trinajstić information content (AvgIpc) is 2.94. The van der Waals surface area contributed by atoms with E-state index < -0.39 is 5.97 Å². The average molecular weight is 353 g/mol. The molecule has 112 valence electrons. The molecule has 6 heteroatoms. The third kappa shape index (κ3) is 3.85. The summed E-state index contributed by atoms with van der Waals surface area (Å²) in [6.07, 6.45) is 2.94. The zero-order valence-corrected chi connectivity index (χ0v) is 13.5. The fourth-order valence-electron chi connectivity index (χ4n) is 1.80. The van der Waals surface area contributed by atoms with Crippen LogP contribution in [0.4, 0.5) is 0 Å². The number of aromatic carboxylic acids is 1. The highest BCUT2D eigenvalue weighted by molar-refractivity contribution is 9.10. The predicted octanol–water partition coefficient (Wildman–Crippen LogP) is 3.89. The van der Waals surface area contributed by atoms with E-state index in [-0.39, 0.29) is 5.56 Å². The van der Waals surface area contributed by atoms with Crippen LogP contribution >= 0.6 is 15.9 Å². The number of halogens is 1. The van der Waals surface area contributed by atoms with E-state index in [9.17, 15) is 4.79 Å². The van der Waals surface area contributed by atoms with Gasteiger partial charge in [0.2, 0.25) is 0 Å². The van der Waals surface area contributed by atoms with E-state index in [0.29, 0.717) is 22.9 Å². The molecule has 1 heterocycles. The summed E-state index contributed by atoms with van der Waals surface area (Å²) in [5.74, 6) is -0.484. The van der Waals surface area contributed by atoms with Gasteiger partial charge in [0.1, 0.15) is 12.4 Å². The van der Waals surface area contributed by atoms with E-state index in [1.807, 2.05) is 16.9 Å². The van der Waals surface area contributed by atoms with Gasteiger partial charge in [-0.15, -0.1) is 0 Å². The van der Waals surface area contributed by atoms with Gasteiger partial charge in [-0.05, 0) is 53.5 Å². The number of carboxylic acid groups (broad SMARTS) is 1. The number of hydrogen-bond donors (Lipinski definition) is 1. The molecule has 1 unspecified atom stereocenters. The lowest BCUT2D eigenvalue weighted by Crippen LogP contribution is -2.06. The third-order valence-electron chi connectivity index (χ3n) is 3.26. The molecule has 0 bridgehead atoms. The Morgan fingerprint density at radius 3 is 2.90 bits per heavy atom. The van der Waals surface area contributed by atoms with Gasteiger partial charge >= 0.3 is 5.97 Å². The summed E-state index contributed by atoms with van der Waals surface area (Å²) >= 11 is 3.20. The molecule has 1 aromatic heterocycles. The van der Waals surface area contributed by atoms with Crippen LogP contribution in [0.3, 0.4) is 0 Å². The molecule has 1 atom stereocenters. The standard InChI is InChI=1S/C15H17BrN2O3/c1-3-10(2)18-7-6-11(17-18)9-21-12-4-5-14(16)13(8-12)15(19)20/h4-8,10H,3,9H2,1-2H3,(H,19,20). The molecule has 0 spiro atoms. The minimum atomic E-state index is -0.992. The topological polar surface area (TPSA) is 64.3 Å². The Kier molecular flexibility index (Phi) is 5.01. The molecule has 1 N–H and O–H groups in total. The van der Waals surface area contributed by atoms with E-state index in [1.54, 1.807) is 12.1 Å². The molecule has 0 amide bonds. The lowest BCUT2D eigenvalue weighted by atomic mass is 10.2. The first-order valence-electron chi connectivity index (χ1n) is 6.71. The monoisotopic (exact) mass is 352 g/mol. The number of hydrogen-bond acceptors (Lipinski definition) is 3. The molecule has 2 rings (SSSR count). The van der Waals surface area contributed by atoms with E-state index in [1.165, 1.54) is 6.07 Å². The lowest BCUT2D eigenvalue weighted by Gasteiger charge is -2.09. The van der Waals surface area contributed by atoms with E-state index >= 15 is 0 Å². The second-order valence-electron chi connectivity index (χ2n) is 4.78. The van der Waals surface area contributed by atoms with Crippen molar-refractivity contribution in [2.24, 2.45) is 0 Å². The van der Waals surface area contributed by atoms with Crippen molar-refractivity contribution in [3.8, 4) is 5.75 Å². The maximum atomic E-state index is 11.1. The Balaban J connectivity index is 2.04. The van der Waals surface area contributed by atoms with Crippen LogP contribution in [0.15, 0.2) is 34.9 Å². The van der Waals surface area contributed by atoms with Crippen LogP contribution in [-0.4, -0.2) is 20.9 Å². The summed E-state index contributed by atoms with van der Waals surface area (Å²) in [5.41, 5.74) is 0.993. The number of benzene rings is 1. The first-order chi connectivity index (χ1) is 10.0. The van der Waals surface area contributed by atoms with Crippen molar-refractivity contribution in [1.29, 1.82) is 0 Å². The summed E-state index contributed by atoms with van der Waals surface area (Å²) < 4.78 is 8.04. The highest BCUT2D eigenvalue weighted by Gasteiger charge is 2.10. The fourth-order valence-corrected chi connectivity index (χ4v) is 2.22. The zero-order chi connectivity index (χ0) is 15.4. The Morgan fingerprint density at radius 1 is 1.48 bits per heavy atom. The first-order valence-corrected chi connectivity index (χ1v) is 7.50. The van der Waals surface area contributed by atoms with Gasteiger partial charge in [-0.1, -0.05) is 6.92 Å². The number of carboxylic acids is 1. The molecule has 0 aliphatic heterocycles. The number of rotatable bonds is 6. The molecule has 0 saturated heterocycles. The number of nitrogens with zero attached hydrogens (tertiary/aromatic N) is 2. The van der Waals surface area contributed by atoms with Crippen LogP contribution in [0.25, 0.3) is 0 Å². The molecule has 0 fully saturated rings. The molecular formula is C15H17BrN2O3. The summed E-state index contributed by atoms with van der Waals surface area (Å²) in [4.78, 5) is 11.1. The van der Waals surface area contributed by atoms with Crippen molar-refractivity contribution >= 4 is 21.9 Å². The molecule has 5 nitrogen and oxygen atoms in total. The Labute approximate surface area is 131 Å². The molecule has 2 aromatic rings. The molecule has 1 aromatic carbocycles. The van der Waals surface area contributed by atoms with Gasteiger partial charge in [0.25, 0.3) is 0 Å². The SMILES string of the molecule is CCC(C)n1ccc(COc2ccc(Br)c(C(=O)O)c2)n1. The third-order valence-corrected chi connectivity index (χ3v) is 3.95. The van der Waals surface area contributed by atoms with Crippen molar-refractivity contribution < 1.29 is 14.6 Å². The minimum Gasteiger partial charge on any atom is -0.487 e. The zero-order valence-electron chi connectivity index (χ0n) is 11.9. The second-order valence-corrected chi connectivity index (χ2v) is 5.63. The number of aromatic nitrogens is 2. The second kappa shape index (κ2) is 6.76. The first kappa shape index (κ1) is 15.6. The van der Waals surface area contributed by atoms with Crippen molar-refractivity contribution in [3.05, 3.63) is 46.2 Å². The quantitative estimate of drug-likeness (QED) is 0.856. The Morgan fingerprint density at radius 2 is 2.24 bits per heavy atom. The van der Waals surface area contributed by atoms with Crippen LogP contribution in [-0.2, 0) is 6.61 Å².